The second kappa shape index (κ2) is 6.91. The fraction of sp³-hybridized carbons (Fsp3) is 0.533. The largest absolute Gasteiger partial charge is 0.293 e. The zero-order chi connectivity index (χ0) is 12.3. The normalized spacial score (nSPS) is 17.2. The molecule has 0 bridgehead atoms. The molecule has 1 unspecified atom stereocenters. The number of likely N-dealkylation sites (tertiary alicyclic amines) is 1. The minimum Gasteiger partial charge on any atom is -0.293 e. The van der Waals surface area contributed by atoms with Gasteiger partial charge in [-0.25, -0.2) is 0 Å². The summed E-state index contributed by atoms with van der Waals surface area (Å²) in [5, 5.41) is 0. The molecule has 18 heavy (non-hydrogen) atoms. The van der Waals surface area contributed by atoms with Crippen molar-refractivity contribution in [2.24, 2.45) is 0 Å². The van der Waals surface area contributed by atoms with Crippen LogP contribution in [0.15, 0.2) is 24.3 Å². The molecule has 100 valence electrons. The van der Waals surface area contributed by atoms with Crippen LogP contribution in [0, 0.1) is 6.92 Å². The number of benzene rings is 1. The molecule has 2 rings (SSSR count). The van der Waals surface area contributed by atoms with Gasteiger partial charge in [0.05, 0.1) is 6.04 Å². The van der Waals surface area contributed by atoms with Crippen molar-refractivity contribution in [3.05, 3.63) is 35.4 Å². The van der Waals surface area contributed by atoms with Gasteiger partial charge >= 0.3 is 0 Å². The molecule has 0 N–H and O–H groups in total. The van der Waals surface area contributed by atoms with E-state index in [0.29, 0.717) is 0 Å². The van der Waals surface area contributed by atoms with E-state index >= 15 is 0 Å². The first kappa shape index (κ1) is 15.2. The Morgan fingerprint density at radius 2 is 2.00 bits per heavy atom. The highest BCUT2D eigenvalue weighted by atomic mass is 35.5. The first-order valence-electron chi connectivity index (χ1n) is 6.57. The summed E-state index contributed by atoms with van der Waals surface area (Å²) >= 11 is 0. The summed E-state index contributed by atoms with van der Waals surface area (Å²) in [5.41, 5.74) is 2.02. The van der Waals surface area contributed by atoms with Crippen LogP contribution >= 0.6 is 12.4 Å². The van der Waals surface area contributed by atoms with Gasteiger partial charge < -0.3 is 0 Å². The molecular weight excluding hydrogens is 246 g/mol. The lowest BCUT2D eigenvalue weighted by Crippen LogP contribution is -2.38. The minimum atomic E-state index is 0. The van der Waals surface area contributed by atoms with Crippen LogP contribution in [0.1, 0.15) is 42.1 Å². The molecule has 1 aliphatic heterocycles. The van der Waals surface area contributed by atoms with Crippen LogP contribution in [0.25, 0.3) is 0 Å². The van der Waals surface area contributed by atoms with Gasteiger partial charge in [0.25, 0.3) is 0 Å². The summed E-state index contributed by atoms with van der Waals surface area (Å²) < 4.78 is 0. The predicted octanol–water partition coefficient (Wildman–Crippen LogP) is 3.47. The van der Waals surface area contributed by atoms with E-state index in [0.717, 1.165) is 30.6 Å². The molecular formula is C15H22ClNO. The number of aryl methyl sites for hydroxylation is 1. The van der Waals surface area contributed by atoms with E-state index in [9.17, 15) is 4.79 Å². The Labute approximate surface area is 116 Å². The Morgan fingerprint density at radius 1 is 1.33 bits per heavy atom. The molecule has 1 aliphatic rings. The summed E-state index contributed by atoms with van der Waals surface area (Å²) in [6, 6.07) is 8.03. The van der Waals surface area contributed by atoms with Gasteiger partial charge in [-0.1, -0.05) is 30.7 Å². The summed E-state index contributed by atoms with van der Waals surface area (Å²) in [7, 11) is 0. The zero-order valence-electron chi connectivity index (χ0n) is 11.2. The molecule has 3 heteroatoms. The molecule has 1 aromatic rings. The van der Waals surface area contributed by atoms with Crippen molar-refractivity contribution < 1.29 is 4.79 Å². The van der Waals surface area contributed by atoms with E-state index in [1.54, 1.807) is 0 Å². The monoisotopic (exact) mass is 267 g/mol. The number of ketones is 1. The van der Waals surface area contributed by atoms with Gasteiger partial charge in [-0.15, -0.1) is 12.4 Å². The van der Waals surface area contributed by atoms with Crippen LogP contribution in [0.2, 0.25) is 0 Å². The summed E-state index contributed by atoms with van der Waals surface area (Å²) in [6.45, 7) is 6.30. The van der Waals surface area contributed by atoms with Gasteiger partial charge in [0, 0.05) is 5.56 Å². The maximum Gasteiger partial charge on any atom is 0.179 e. The van der Waals surface area contributed by atoms with E-state index in [2.05, 4.69) is 11.8 Å². The van der Waals surface area contributed by atoms with Crippen molar-refractivity contribution in [3.8, 4) is 0 Å². The Balaban J connectivity index is 0.00000162. The Morgan fingerprint density at radius 3 is 2.56 bits per heavy atom. The Hall–Kier alpha value is -0.860. The molecule has 0 amide bonds. The molecule has 1 aromatic carbocycles. The minimum absolute atomic E-state index is 0. The Bertz CT molecular complexity index is 399. The lowest BCUT2D eigenvalue weighted by Gasteiger charge is -2.25. The van der Waals surface area contributed by atoms with Crippen molar-refractivity contribution in [1.29, 1.82) is 0 Å². The smallest absolute Gasteiger partial charge is 0.179 e. The predicted molar refractivity (Wildman–Crippen MR) is 77.6 cm³/mol. The van der Waals surface area contributed by atoms with Crippen molar-refractivity contribution in [2.45, 2.75) is 39.2 Å². The van der Waals surface area contributed by atoms with Gasteiger partial charge in [0.2, 0.25) is 0 Å². The van der Waals surface area contributed by atoms with E-state index in [-0.39, 0.29) is 24.2 Å². The van der Waals surface area contributed by atoms with Crippen molar-refractivity contribution in [1.82, 2.24) is 4.90 Å². The second-order valence-electron chi connectivity index (χ2n) is 4.90. The van der Waals surface area contributed by atoms with E-state index in [1.165, 1.54) is 12.8 Å². The van der Waals surface area contributed by atoms with Gasteiger partial charge in [0.15, 0.2) is 5.78 Å². The number of nitrogens with zero attached hydrogens (tertiary/aromatic N) is 1. The third kappa shape index (κ3) is 3.33. The van der Waals surface area contributed by atoms with Gasteiger partial charge in [-0.05, 0) is 45.3 Å². The molecule has 2 nitrogen and oxygen atoms in total. The molecule has 1 atom stereocenters. The number of carbonyl (C=O) groups excluding carboxylic acids is 1. The highest BCUT2D eigenvalue weighted by Crippen LogP contribution is 2.18. The molecule has 0 aliphatic carbocycles. The zero-order valence-corrected chi connectivity index (χ0v) is 12.0. The molecule has 0 spiro atoms. The quantitative estimate of drug-likeness (QED) is 0.779. The highest BCUT2D eigenvalue weighted by molar-refractivity contribution is 6.00. The number of hydrogen-bond donors (Lipinski definition) is 0. The molecule has 1 fully saturated rings. The van der Waals surface area contributed by atoms with Crippen molar-refractivity contribution >= 4 is 18.2 Å². The third-order valence-electron chi connectivity index (χ3n) is 3.57. The summed E-state index contributed by atoms with van der Waals surface area (Å²) in [6.07, 6.45) is 3.38. The summed E-state index contributed by atoms with van der Waals surface area (Å²) in [4.78, 5) is 14.8. The third-order valence-corrected chi connectivity index (χ3v) is 3.57. The van der Waals surface area contributed by atoms with Gasteiger partial charge in [0.1, 0.15) is 0 Å². The average molecular weight is 268 g/mol. The lowest BCUT2D eigenvalue weighted by atomic mass is 9.99. The molecule has 0 saturated carbocycles. The van der Waals surface area contributed by atoms with Crippen LogP contribution in [0.3, 0.4) is 0 Å². The van der Waals surface area contributed by atoms with Crippen LogP contribution in [0.4, 0.5) is 0 Å². The van der Waals surface area contributed by atoms with Crippen LogP contribution in [-0.4, -0.2) is 29.8 Å². The topological polar surface area (TPSA) is 20.3 Å². The Kier molecular flexibility index (Phi) is 5.83. The van der Waals surface area contributed by atoms with Crippen LogP contribution in [0.5, 0.6) is 0 Å². The van der Waals surface area contributed by atoms with E-state index in [1.807, 2.05) is 31.2 Å². The highest BCUT2D eigenvalue weighted by Gasteiger charge is 2.27. The fourth-order valence-electron chi connectivity index (χ4n) is 2.65. The second-order valence-corrected chi connectivity index (χ2v) is 4.90. The standard InChI is InChI=1S/C15H21NO.ClH/c1-3-14(16-9-4-5-10-16)15(17)13-8-6-7-12(2)11-13;/h6-8,11,14H,3-5,9-10H2,1-2H3;1H. The molecule has 1 saturated heterocycles. The number of rotatable bonds is 4. The van der Waals surface area contributed by atoms with Crippen molar-refractivity contribution in [3.63, 3.8) is 0 Å². The number of halogens is 1. The van der Waals surface area contributed by atoms with Gasteiger partial charge in [-0.3, -0.25) is 9.69 Å². The SMILES string of the molecule is CCC(C(=O)c1cccc(C)c1)N1CCCC1.Cl. The average Bonchev–Trinajstić information content (AvgIpc) is 2.83. The maximum absolute atomic E-state index is 12.5. The maximum atomic E-state index is 12.5. The van der Waals surface area contributed by atoms with Crippen LogP contribution in [-0.2, 0) is 0 Å². The summed E-state index contributed by atoms with van der Waals surface area (Å²) in [5.74, 6) is 0.290. The molecule has 0 aromatic heterocycles. The molecule has 1 heterocycles. The lowest BCUT2D eigenvalue weighted by molar-refractivity contribution is 0.0844. The number of Topliss-reactive ketones (excluding diaryl/α,β-unsaturated/α-hetero) is 1. The van der Waals surface area contributed by atoms with Gasteiger partial charge in [-0.2, -0.15) is 0 Å². The van der Waals surface area contributed by atoms with E-state index < -0.39 is 0 Å². The van der Waals surface area contributed by atoms with E-state index in [4.69, 9.17) is 0 Å². The van der Waals surface area contributed by atoms with Crippen LogP contribution < -0.4 is 0 Å². The first-order valence-corrected chi connectivity index (χ1v) is 6.57. The fourth-order valence-corrected chi connectivity index (χ4v) is 2.65. The molecule has 0 radical (unpaired) electrons. The van der Waals surface area contributed by atoms with Crippen molar-refractivity contribution in [2.75, 3.05) is 13.1 Å². The number of carbonyl (C=O) groups is 1. The number of hydrogen-bond acceptors (Lipinski definition) is 2. The first-order chi connectivity index (χ1) is 8.22.